The van der Waals surface area contributed by atoms with Crippen molar-refractivity contribution in [3.63, 3.8) is 0 Å². The summed E-state index contributed by atoms with van der Waals surface area (Å²) in [6.07, 6.45) is 0.596. The number of halogens is 2. The van der Waals surface area contributed by atoms with Gasteiger partial charge in [0.25, 0.3) is 11.8 Å². The summed E-state index contributed by atoms with van der Waals surface area (Å²) in [5.41, 5.74) is 2.95. The van der Waals surface area contributed by atoms with Crippen molar-refractivity contribution in [2.45, 2.75) is 13.3 Å². The Kier molecular flexibility index (Phi) is 5.44. The third-order valence-electron chi connectivity index (χ3n) is 4.03. The molecule has 2 aromatic carbocycles. The van der Waals surface area contributed by atoms with E-state index in [1.54, 1.807) is 0 Å². The number of carbonyl (C=O) groups excluding carboxylic acids is 2. The van der Waals surface area contributed by atoms with Crippen LogP contribution in [0, 0.1) is 10.5 Å². The average molecular weight is 467 g/mol. The molecule has 0 atom stereocenters. The van der Waals surface area contributed by atoms with Crippen LogP contribution in [0.15, 0.2) is 59.3 Å². The fourth-order valence-electron chi connectivity index (χ4n) is 2.65. The quantitative estimate of drug-likeness (QED) is 0.534. The minimum Gasteiger partial charge on any atom is -0.349 e. The largest absolute Gasteiger partial charge is 0.349 e. The molecule has 1 heterocycles. The SMILES string of the molecule is Cc1cc(I)ccc1NC1=C(Cl)C(=O)N(CCc2ccccc2)C1=O. The molecule has 0 fully saturated rings. The fourth-order valence-corrected chi connectivity index (χ4v) is 3.52. The van der Waals surface area contributed by atoms with E-state index in [4.69, 9.17) is 11.6 Å². The highest BCUT2D eigenvalue weighted by Gasteiger charge is 2.37. The molecule has 1 aliphatic rings. The Labute approximate surface area is 165 Å². The molecule has 25 heavy (non-hydrogen) atoms. The topological polar surface area (TPSA) is 49.4 Å². The van der Waals surface area contributed by atoms with Gasteiger partial charge < -0.3 is 5.32 Å². The van der Waals surface area contributed by atoms with Crippen LogP contribution in [0.4, 0.5) is 5.69 Å². The van der Waals surface area contributed by atoms with Gasteiger partial charge in [-0.15, -0.1) is 0 Å². The molecule has 1 N–H and O–H groups in total. The molecule has 128 valence electrons. The highest BCUT2D eigenvalue weighted by Crippen LogP contribution is 2.27. The summed E-state index contributed by atoms with van der Waals surface area (Å²) in [4.78, 5) is 26.2. The van der Waals surface area contributed by atoms with Crippen LogP contribution in [0.2, 0.25) is 0 Å². The van der Waals surface area contributed by atoms with Crippen LogP contribution in [-0.2, 0) is 16.0 Å². The molecule has 0 aromatic heterocycles. The molecule has 0 aliphatic carbocycles. The summed E-state index contributed by atoms with van der Waals surface area (Å²) >= 11 is 8.36. The summed E-state index contributed by atoms with van der Waals surface area (Å²) in [5, 5.41) is 2.97. The van der Waals surface area contributed by atoms with Gasteiger partial charge in [-0.3, -0.25) is 14.5 Å². The first-order valence-corrected chi connectivity index (χ1v) is 9.26. The van der Waals surface area contributed by atoms with Gasteiger partial charge in [-0.2, -0.15) is 0 Å². The van der Waals surface area contributed by atoms with E-state index in [9.17, 15) is 9.59 Å². The maximum atomic E-state index is 12.6. The van der Waals surface area contributed by atoms with Crippen molar-refractivity contribution in [1.82, 2.24) is 4.90 Å². The number of amides is 2. The molecule has 0 saturated heterocycles. The number of anilines is 1. The molecule has 4 nitrogen and oxygen atoms in total. The Hall–Kier alpha value is -1.86. The van der Waals surface area contributed by atoms with E-state index < -0.39 is 5.91 Å². The van der Waals surface area contributed by atoms with Gasteiger partial charge in [-0.25, -0.2) is 0 Å². The van der Waals surface area contributed by atoms with E-state index in [1.165, 1.54) is 4.90 Å². The van der Waals surface area contributed by atoms with Gasteiger partial charge in [0.05, 0.1) is 0 Å². The molecule has 0 unspecified atom stereocenters. The lowest BCUT2D eigenvalue weighted by atomic mass is 10.1. The van der Waals surface area contributed by atoms with Crippen molar-refractivity contribution in [3.8, 4) is 0 Å². The number of aryl methyl sites for hydroxylation is 1. The van der Waals surface area contributed by atoms with E-state index in [0.29, 0.717) is 13.0 Å². The second kappa shape index (κ2) is 7.58. The van der Waals surface area contributed by atoms with Gasteiger partial charge in [0.2, 0.25) is 0 Å². The molecular weight excluding hydrogens is 451 g/mol. The lowest BCUT2D eigenvalue weighted by Crippen LogP contribution is -2.34. The zero-order chi connectivity index (χ0) is 18.0. The number of benzene rings is 2. The molecule has 0 bridgehead atoms. The first-order chi connectivity index (χ1) is 12.0. The Morgan fingerprint density at radius 3 is 2.48 bits per heavy atom. The third-order valence-corrected chi connectivity index (χ3v) is 5.05. The summed E-state index contributed by atoms with van der Waals surface area (Å²) in [6.45, 7) is 2.24. The standard InChI is InChI=1S/C19H16ClIN2O2/c1-12-11-14(21)7-8-15(12)22-17-16(20)18(24)23(19(17)25)10-9-13-5-3-2-4-6-13/h2-8,11,22H,9-10H2,1H3. The first-order valence-electron chi connectivity index (χ1n) is 7.80. The number of rotatable bonds is 5. The van der Waals surface area contributed by atoms with E-state index in [2.05, 4.69) is 27.9 Å². The predicted molar refractivity (Wildman–Crippen MR) is 107 cm³/mol. The fraction of sp³-hybridized carbons (Fsp3) is 0.158. The molecule has 0 radical (unpaired) electrons. The van der Waals surface area contributed by atoms with Gasteiger partial charge in [0.15, 0.2) is 0 Å². The second-order valence-corrected chi connectivity index (χ2v) is 7.39. The Bertz CT molecular complexity index is 865. The Morgan fingerprint density at radius 2 is 1.80 bits per heavy atom. The van der Waals surface area contributed by atoms with Gasteiger partial charge >= 0.3 is 0 Å². The smallest absolute Gasteiger partial charge is 0.278 e. The van der Waals surface area contributed by atoms with Crippen LogP contribution in [0.25, 0.3) is 0 Å². The second-order valence-electron chi connectivity index (χ2n) is 5.77. The van der Waals surface area contributed by atoms with Crippen molar-refractivity contribution in [2.24, 2.45) is 0 Å². The minimum absolute atomic E-state index is 0.0592. The Balaban J connectivity index is 1.75. The van der Waals surface area contributed by atoms with Crippen molar-refractivity contribution in [1.29, 1.82) is 0 Å². The van der Waals surface area contributed by atoms with E-state index >= 15 is 0 Å². The van der Waals surface area contributed by atoms with Crippen LogP contribution in [0.5, 0.6) is 0 Å². The lowest BCUT2D eigenvalue weighted by Gasteiger charge is -2.15. The first kappa shape index (κ1) is 17.9. The zero-order valence-electron chi connectivity index (χ0n) is 13.6. The molecule has 6 heteroatoms. The highest BCUT2D eigenvalue weighted by atomic mass is 127. The van der Waals surface area contributed by atoms with Crippen LogP contribution < -0.4 is 5.32 Å². The molecule has 3 rings (SSSR count). The van der Waals surface area contributed by atoms with Crippen LogP contribution in [0.1, 0.15) is 11.1 Å². The lowest BCUT2D eigenvalue weighted by molar-refractivity contribution is -0.137. The normalized spacial score (nSPS) is 14.4. The maximum Gasteiger partial charge on any atom is 0.278 e. The zero-order valence-corrected chi connectivity index (χ0v) is 16.5. The maximum absolute atomic E-state index is 12.6. The van der Waals surface area contributed by atoms with E-state index in [0.717, 1.165) is 20.4 Å². The Morgan fingerprint density at radius 1 is 1.08 bits per heavy atom. The third kappa shape index (κ3) is 3.88. The molecule has 2 amide bonds. The number of carbonyl (C=O) groups is 2. The van der Waals surface area contributed by atoms with Gasteiger partial charge in [0.1, 0.15) is 10.7 Å². The van der Waals surface area contributed by atoms with E-state index in [1.807, 2.05) is 55.5 Å². The predicted octanol–water partition coefficient (Wildman–Crippen LogP) is 4.07. The molecule has 0 saturated carbocycles. The van der Waals surface area contributed by atoms with Crippen molar-refractivity contribution >= 4 is 51.7 Å². The summed E-state index contributed by atoms with van der Waals surface area (Å²) < 4.78 is 1.10. The molecule has 1 aliphatic heterocycles. The number of nitrogens with zero attached hydrogens (tertiary/aromatic N) is 1. The number of nitrogens with one attached hydrogen (secondary N) is 1. The highest BCUT2D eigenvalue weighted by molar-refractivity contribution is 14.1. The summed E-state index contributed by atoms with van der Waals surface area (Å²) in [7, 11) is 0. The molecule has 2 aromatic rings. The average Bonchev–Trinajstić information content (AvgIpc) is 2.80. The van der Waals surface area contributed by atoms with Crippen molar-refractivity contribution in [2.75, 3.05) is 11.9 Å². The van der Waals surface area contributed by atoms with Crippen LogP contribution in [-0.4, -0.2) is 23.3 Å². The number of hydrogen-bond acceptors (Lipinski definition) is 3. The van der Waals surface area contributed by atoms with Crippen LogP contribution in [0.3, 0.4) is 0 Å². The monoisotopic (exact) mass is 466 g/mol. The van der Waals surface area contributed by atoms with Crippen LogP contribution >= 0.6 is 34.2 Å². The van der Waals surface area contributed by atoms with Gasteiger partial charge in [-0.05, 0) is 65.3 Å². The molecular formula is C19H16ClIN2O2. The number of hydrogen-bond donors (Lipinski definition) is 1. The minimum atomic E-state index is -0.451. The summed E-state index contributed by atoms with van der Waals surface area (Å²) in [5.74, 6) is -0.836. The molecule has 0 spiro atoms. The van der Waals surface area contributed by atoms with Crippen molar-refractivity contribution < 1.29 is 9.59 Å². The number of imide groups is 1. The van der Waals surface area contributed by atoms with Gasteiger partial charge in [0, 0.05) is 15.8 Å². The van der Waals surface area contributed by atoms with E-state index in [-0.39, 0.29) is 16.6 Å². The van der Waals surface area contributed by atoms with Crippen molar-refractivity contribution in [3.05, 3.63) is 74.0 Å². The van der Waals surface area contributed by atoms with Gasteiger partial charge in [-0.1, -0.05) is 41.9 Å². The summed E-state index contributed by atoms with van der Waals surface area (Å²) in [6, 6.07) is 15.5.